The Hall–Kier alpha value is -1.61. The Bertz CT molecular complexity index is 600. The van der Waals surface area contributed by atoms with Gasteiger partial charge in [0.1, 0.15) is 6.07 Å². The minimum Gasteiger partial charge on any atom is -0.392 e. The van der Waals surface area contributed by atoms with Crippen LogP contribution >= 0.6 is 11.6 Å². The lowest BCUT2D eigenvalue weighted by atomic mass is 9.95. The molecule has 1 aliphatic heterocycles. The summed E-state index contributed by atoms with van der Waals surface area (Å²) in [4.78, 5) is 14.3. The third-order valence-electron chi connectivity index (χ3n) is 4.23. The summed E-state index contributed by atoms with van der Waals surface area (Å²) in [5.74, 6) is 0.117. The maximum atomic E-state index is 12.3. The number of anilines is 1. The number of carbonyl (C=O) groups is 1. The summed E-state index contributed by atoms with van der Waals surface area (Å²) < 4.78 is 0. The van der Waals surface area contributed by atoms with Crippen LogP contribution in [0, 0.1) is 17.2 Å². The zero-order chi connectivity index (χ0) is 16.3. The van der Waals surface area contributed by atoms with Crippen molar-refractivity contribution in [2.45, 2.75) is 32.4 Å². The van der Waals surface area contributed by atoms with Gasteiger partial charge in [-0.15, -0.1) is 0 Å². The van der Waals surface area contributed by atoms with Gasteiger partial charge >= 0.3 is 0 Å². The molecule has 2 rings (SSSR count). The topological polar surface area (TPSA) is 76.4 Å². The lowest BCUT2D eigenvalue weighted by molar-refractivity contribution is -0.122. The van der Waals surface area contributed by atoms with E-state index in [9.17, 15) is 9.90 Å². The smallest absolute Gasteiger partial charge is 0.241 e. The number of β-amino-alcohol motifs (C(OH)–C–C–N with tert-alkyl or cyclic N) is 1. The highest BCUT2D eigenvalue weighted by molar-refractivity contribution is 6.32. The summed E-state index contributed by atoms with van der Waals surface area (Å²) in [5, 5.41) is 21.9. The molecule has 0 spiro atoms. The summed E-state index contributed by atoms with van der Waals surface area (Å²) >= 11 is 5.96. The second kappa shape index (κ2) is 7.10. The van der Waals surface area contributed by atoms with Gasteiger partial charge in [0.15, 0.2) is 0 Å². The standard InChI is InChI=1S/C16H20ClN3O2/c1-10-5-6-20(9-15(10)21)11(2)16(22)19-13-4-3-12(8-18)14(17)7-13/h3-4,7,10-11,15,21H,5-6,9H2,1-2H3,(H,19,22). The zero-order valence-corrected chi connectivity index (χ0v) is 13.5. The number of likely N-dealkylation sites (tertiary alicyclic amines) is 1. The van der Waals surface area contributed by atoms with E-state index in [1.54, 1.807) is 18.2 Å². The fourth-order valence-electron chi connectivity index (χ4n) is 2.52. The van der Waals surface area contributed by atoms with Crippen molar-refractivity contribution in [1.29, 1.82) is 5.26 Å². The minimum atomic E-state index is -0.395. The number of benzene rings is 1. The number of amides is 1. The molecule has 3 unspecified atom stereocenters. The van der Waals surface area contributed by atoms with Crippen LogP contribution in [0.15, 0.2) is 18.2 Å². The van der Waals surface area contributed by atoms with E-state index in [1.807, 2.05) is 24.8 Å². The molecule has 0 aliphatic carbocycles. The summed E-state index contributed by atoms with van der Waals surface area (Å²) in [6.45, 7) is 5.14. The highest BCUT2D eigenvalue weighted by atomic mass is 35.5. The molecule has 2 N–H and O–H groups in total. The van der Waals surface area contributed by atoms with Crippen LogP contribution in [0.2, 0.25) is 5.02 Å². The Kier molecular flexibility index (Phi) is 5.41. The molecule has 1 aliphatic rings. The molecule has 0 bridgehead atoms. The van der Waals surface area contributed by atoms with Crippen LogP contribution in [0.1, 0.15) is 25.8 Å². The van der Waals surface area contributed by atoms with Crippen molar-refractivity contribution in [1.82, 2.24) is 4.90 Å². The number of rotatable bonds is 3. The molecule has 22 heavy (non-hydrogen) atoms. The first kappa shape index (κ1) is 16.8. The molecule has 0 radical (unpaired) electrons. The van der Waals surface area contributed by atoms with Crippen molar-refractivity contribution >= 4 is 23.2 Å². The number of nitrogens with zero attached hydrogens (tertiary/aromatic N) is 2. The molecule has 0 aromatic heterocycles. The van der Waals surface area contributed by atoms with E-state index in [0.717, 1.165) is 13.0 Å². The third-order valence-corrected chi connectivity index (χ3v) is 4.55. The first-order chi connectivity index (χ1) is 10.4. The van der Waals surface area contributed by atoms with Gasteiger partial charge in [-0.05, 0) is 44.0 Å². The van der Waals surface area contributed by atoms with Crippen molar-refractivity contribution in [2.24, 2.45) is 5.92 Å². The van der Waals surface area contributed by atoms with E-state index in [0.29, 0.717) is 22.8 Å². The van der Waals surface area contributed by atoms with Crippen LogP contribution in [0.5, 0.6) is 0 Å². The number of aliphatic hydroxyl groups is 1. The molecular weight excluding hydrogens is 302 g/mol. The molecule has 6 heteroatoms. The lowest BCUT2D eigenvalue weighted by Gasteiger charge is -2.37. The number of nitrogens with one attached hydrogen (secondary N) is 1. The quantitative estimate of drug-likeness (QED) is 0.895. The molecular formula is C16H20ClN3O2. The Labute approximate surface area is 135 Å². The first-order valence-corrected chi connectivity index (χ1v) is 7.72. The number of aliphatic hydroxyl groups excluding tert-OH is 1. The Morgan fingerprint density at radius 3 is 2.91 bits per heavy atom. The predicted molar refractivity (Wildman–Crippen MR) is 85.6 cm³/mol. The fourth-order valence-corrected chi connectivity index (χ4v) is 2.74. The molecule has 3 atom stereocenters. The Morgan fingerprint density at radius 2 is 2.32 bits per heavy atom. The van der Waals surface area contributed by atoms with Crippen molar-refractivity contribution < 1.29 is 9.90 Å². The molecule has 118 valence electrons. The Morgan fingerprint density at radius 1 is 1.59 bits per heavy atom. The van der Waals surface area contributed by atoms with Gasteiger partial charge in [0, 0.05) is 12.2 Å². The number of nitriles is 1. The molecule has 1 saturated heterocycles. The van der Waals surface area contributed by atoms with E-state index in [1.165, 1.54) is 0 Å². The summed E-state index contributed by atoms with van der Waals surface area (Å²) in [5.41, 5.74) is 0.938. The summed E-state index contributed by atoms with van der Waals surface area (Å²) in [6, 6.07) is 6.44. The molecule has 1 aromatic carbocycles. The number of piperidine rings is 1. The number of hydrogen-bond donors (Lipinski definition) is 2. The lowest BCUT2D eigenvalue weighted by Crippen LogP contribution is -2.50. The fraction of sp³-hybridized carbons (Fsp3) is 0.500. The normalized spacial score (nSPS) is 23.6. The molecule has 1 amide bonds. The zero-order valence-electron chi connectivity index (χ0n) is 12.7. The SMILES string of the molecule is CC1CCN(C(C)C(=O)Nc2ccc(C#N)c(Cl)c2)CC1O. The maximum absolute atomic E-state index is 12.3. The molecule has 1 aromatic rings. The number of hydrogen-bond acceptors (Lipinski definition) is 4. The van der Waals surface area contributed by atoms with Crippen LogP contribution in [0.4, 0.5) is 5.69 Å². The van der Waals surface area contributed by atoms with Gasteiger partial charge < -0.3 is 10.4 Å². The van der Waals surface area contributed by atoms with E-state index in [2.05, 4.69) is 5.32 Å². The van der Waals surface area contributed by atoms with Gasteiger partial charge in [0.2, 0.25) is 5.91 Å². The monoisotopic (exact) mass is 321 g/mol. The van der Waals surface area contributed by atoms with E-state index >= 15 is 0 Å². The van der Waals surface area contributed by atoms with E-state index in [-0.39, 0.29) is 17.9 Å². The summed E-state index contributed by atoms with van der Waals surface area (Å²) in [7, 11) is 0. The van der Waals surface area contributed by atoms with E-state index in [4.69, 9.17) is 16.9 Å². The van der Waals surface area contributed by atoms with Crippen molar-refractivity contribution in [3.63, 3.8) is 0 Å². The van der Waals surface area contributed by atoms with Crippen LogP contribution in [0.25, 0.3) is 0 Å². The van der Waals surface area contributed by atoms with Crippen LogP contribution < -0.4 is 5.32 Å². The van der Waals surface area contributed by atoms with Gasteiger partial charge in [-0.3, -0.25) is 9.69 Å². The van der Waals surface area contributed by atoms with Gasteiger partial charge in [-0.1, -0.05) is 18.5 Å². The van der Waals surface area contributed by atoms with Crippen molar-refractivity contribution in [3.05, 3.63) is 28.8 Å². The van der Waals surface area contributed by atoms with Crippen molar-refractivity contribution in [2.75, 3.05) is 18.4 Å². The summed E-state index contributed by atoms with van der Waals surface area (Å²) in [6.07, 6.45) is 0.481. The largest absolute Gasteiger partial charge is 0.392 e. The first-order valence-electron chi connectivity index (χ1n) is 7.35. The van der Waals surface area contributed by atoms with Gasteiger partial charge in [0.25, 0.3) is 0 Å². The molecule has 5 nitrogen and oxygen atoms in total. The maximum Gasteiger partial charge on any atom is 0.241 e. The van der Waals surface area contributed by atoms with Crippen LogP contribution in [-0.4, -0.2) is 41.1 Å². The second-order valence-corrected chi connectivity index (χ2v) is 6.21. The van der Waals surface area contributed by atoms with Gasteiger partial charge in [-0.2, -0.15) is 5.26 Å². The number of carbonyl (C=O) groups excluding carboxylic acids is 1. The van der Waals surface area contributed by atoms with Crippen LogP contribution in [-0.2, 0) is 4.79 Å². The average molecular weight is 322 g/mol. The van der Waals surface area contributed by atoms with Crippen LogP contribution in [0.3, 0.4) is 0 Å². The van der Waals surface area contributed by atoms with Gasteiger partial charge in [-0.25, -0.2) is 0 Å². The third kappa shape index (κ3) is 3.77. The Balaban J connectivity index is 2.00. The molecule has 1 heterocycles. The molecule has 0 saturated carbocycles. The second-order valence-electron chi connectivity index (χ2n) is 5.80. The average Bonchev–Trinajstić information content (AvgIpc) is 2.49. The minimum absolute atomic E-state index is 0.150. The highest BCUT2D eigenvalue weighted by Gasteiger charge is 2.30. The van der Waals surface area contributed by atoms with Crippen molar-refractivity contribution in [3.8, 4) is 6.07 Å². The van der Waals surface area contributed by atoms with Gasteiger partial charge in [0.05, 0.1) is 22.7 Å². The van der Waals surface area contributed by atoms with E-state index < -0.39 is 6.10 Å². The molecule has 1 fully saturated rings. The number of halogens is 1. The predicted octanol–water partition coefficient (Wildman–Crippen LogP) is 2.24. The highest BCUT2D eigenvalue weighted by Crippen LogP contribution is 2.22.